The van der Waals surface area contributed by atoms with Gasteiger partial charge in [-0.3, -0.25) is 0 Å². The summed E-state index contributed by atoms with van der Waals surface area (Å²) in [4.78, 5) is 0. The SMILES string of the molecule is SSSS.[Co].[Ni]. The molecule has 0 aliphatic rings. The van der Waals surface area contributed by atoms with E-state index in [0.717, 1.165) is 0 Å². The van der Waals surface area contributed by atoms with E-state index in [1.807, 2.05) is 0 Å². The molecule has 0 aromatic heterocycles. The fourth-order valence-electron chi connectivity index (χ4n) is 0. The molecule has 0 unspecified atom stereocenters. The Morgan fingerprint density at radius 2 is 1.17 bits per heavy atom. The molecule has 0 aromatic rings. The Balaban J connectivity index is -0.0000000450. The van der Waals surface area contributed by atoms with Gasteiger partial charge in [-0.1, -0.05) is 23.3 Å². The van der Waals surface area contributed by atoms with E-state index >= 15 is 0 Å². The third kappa shape index (κ3) is 16.1. The van der Waals surface area contributed by atoms with Crippen LogP contribution in [0.3, 0.4) is 0 Å². The molecule has 0 heterocycles. The van der Waals surface area contributed by atoms with Crippen molar-refractivity contribution in [1.29, 1.82) is 0 Å². The molecule has 0 atom stereocenters. The molecule has 0 aliphatic heterocycles. The van der Waals surface area contributed by atoms with Crippen molar-refractivity contribution in [3.63, 3.8) is 0 Å². The van der Waals surface area contributed by atoms with Crippen LogP contribution in [0.15, 0.2) is 0 Å². The van der Waals surface area contributed by atoms with E-state index in [4.69, 9.17) is 0 Å². The molecule has 0 saturated carbocycles. The van der Waals surface area contributed by atoms with Gasteiger partial charge < -0.3 is 0 Å². The monoisotopic (exact) mass is 247 g/mol. The molecular formula is H2CoNiS4. The molecule has 0 nitrogen and oxygen atoms in total. The molecule has 0 rings (SSSR count). The Morgan fingerprint density at radius 1 is 1.00 bits per heavy atom. The number of hydrogen-bond acceptors (Lipinski definition) is 4. The standard InChI is InChI=1S/Co.Ni.H2S4/c;;1-3-4-2/h;;1-2H. The van der Waals surface area contributed by atoms with Crippen molar-refractivity contribution in [2.45, 2.75) is 0 Å². The number of thiol groups is 2. The maximum Gasteiger partial charge on any atom is 0 e. The Morgan fingerprint density at radius 3 is 1.17 bits per heavy atom. The van der Waals surface area contributed by atoms with Gasteiger partial charge in [0.2, 0.25) is 0 Å². The molecule has 0 N–H and O–H groups in total. The predicted octanol–water partition coefficient (Wildman–Crippen LogP) is 2.05. The van der Waals surface area contributed by atoms with Crippen molar-refractivity contribution < 1.29 is 33.3 Å². The smallest absolute Gasteiger partial charge is 0 e. The molecule has 45 valence electrons. The predicted molar refractivity (Wildman–Crippen MR) is 33.2 cm³/mol. The van der Waals surface area contributed by atoms with Crippen molar-refractivity contribution in [2.24, 2.45) is 0 Å². The third-order valence-electron chi connectivity index (χ3n) is 0.0333. The summed E-state index contributed by atoms with van der Waals surface area (Å²) in [5, 5.41) is 0. The maximum atomic E-state index is 3.72. The fraction of sp³-hybridized carbons (Fsp3) is 0. The van der Waals surface area contributed by atoms with Crippen LogP contribution in [0.25, 0.3) is 0 Å². The summed E-state index contributed by atoms with van der Waals surface area (Å²) >= 11 is 7.45. The van der Waals surface area contributed by atoms with Crippen molar-refractivity contribution in [3.05, 3.63) is 0 Å². The van der Waals surface area contributed by atoms with E-state index in [0.29, 0.717) is 0 Å². The summed E-state index contributed by atoms with van der Waals surface area (Å²) in [6.07, 6.45) is 0. The molecule has 6 heavy (non-hydrogen) atoms. The second-order valence-electron chi connectivity index (χ2n) is 0.149. The van der Waals surface area contributed by atoms with Gasteiger partial charge in [0.15, 0.2) is 0 Å². The van der Waals surface area contributed by atoms with E-state index in [2.05, 4.69) is 23.3 Å². The Kier molecular flexibility index (Phi) is 41.2. The Bertz CT molecular complexity index is 9.51. The van der Waals surface area contributed by atoms with Crippen molar-refractivity contribution in [3.8, 4) is 0 Å². The minimum atomic E-state index is 0. The first-order valence-corrected chi connectivity index (χ1v) is 4.79. The average Bonchev–Trinajstić information content (AvgIpc) is 1.37. The molecule has 1 radical (unpaired) electrons. The molecule has 0 spiro atoms. The quantitative estimate of drug-likeness (QED) is 0.414. The van der Waals surface area contributed by atoms with Gasteiger partial charge in [-0.2, -0.15) is 0 Å². The summed E-state index contributed by atoms with van der Waals surface area (Å²) in [5.74, 6) is 0. The van der Waals surface area contributed by atoms with E-state index in [9.17, 15) is 0 Å². The van der Waals surface area contributed by atoms with Crippen LogP contribution >= 0.6 is 43.0 Å². The Labute approximate surface area is 75.5 Å². The van der Waals surface area contributed by atoms with Crippen LogP contribution in [0, 0.1) is 0 Å². The van der Waals surface area contributed by atoms with Crippen molar-refractivity contribution in [2.75, 3.05) is 0 Å². The van der Waals surface area contributed by atoms with Crippen LogP contribution < -0.4 is 0 Å². The summed E-state index contributed by atoms with van der Waals surface area (Å²) in [7, 11) is 2.66. The molecule has 0 aromatic carbocycles. The van der Waals surface area contributed by atoms with Gasteiger partial charge >= 0.3 is 0 Å². The number of rotatable bonds is 1. The zero-order valence-corrected chi connectivity index (χ0v) is 7.81. The van der Waals surface area contributed by atoms with E-state index in [1.54, 1.807) is 0 Å². The first kappa shape index (κ1) is 15.8. The minimum Gasteiger partial charge on any atom is -0.0989 e. The van der Waals surface area contributed by atoms with E-state index in [-0.39, 0.29) is 33.3 Å². The Hall–Kier alpha value is 2.40. The van der Waals surface area contributed by atoms with Crippen molar-refractivity contribution in [1.82, 2.24) is 0 Å². The average molecular weight is 248 g/mol. The first-order valence-electron chi connectivity index (χ1n) is 0.532. The van der Waals surface area contributed by atoms with Crippen LogP contribution in [0.1, 0.15) is 0 Å². The van der Waals surface area contributed by atoms with E-state index in [1.165, 1.54) is 19.7 Å². The zero-order chi connectivity index (χ0) is 3.41. The van der Waals surface area contributed by atoms with E-state index < -0.39 is 0 Å². The van der Waals surface area contributed by atoms with Crippen LogP contribution in [-0.2, 0) is 33.3 Å². The molecule has 0 saturated heterocycles. The summed E-state index contributed by atoms with van der Waals surface area (Å²) in [5.41, 5.74) is 0. The summed E-state index contributed by atoms with van der Waals surface area (Å²) < 4.78 is 0. The van der Waals surface area contributed by atoms with Gasteiger partial charge in [-0.25, -0.2) is 0 Å². The fourth-order valence-corrected chi connectivity index (χ4v) is 0. The molecule has 0 fully saturated rings. The van der Waals surface area contributed by atoms with Crippen LogP contribution in [0.4, 0.5) is 0 Å². The van der Waals surface area contributed by atoms with Crippen LogP contribution in [0.5, 0.6) is 0 Å². The zero-order valence-electron chi connectivity index (χ0n) is 2.36. The van der Waals surface area contributed by atoms with Crippen LogP contribution in [-0.4, -0.2) is 0 Å². The largest absolute Gasteiger partial charge is 0.0989 e. The minimum absolute atomic E-state index is 0. The second-order valence-corrected chi connectivity index (χ2v) is 4.02. The van der Waals surface area contributed by atoms with Gasteiger partial charge in [0.25, 0.3) is 0 Å². The molecule has 6 heteroatoms. The summed E-state index contributed by atoms with van der Waals surface area (Å²) in [6.45, 7) is 0. The van der Waals surface area contributed by atoms with Crippen molar-refractivity contribution >= 4 is 43.0 Å². The van der Waals surface area contributed by atoms with Gasteiger partial charge in [0, 0.05) is 33.3 Å². The maximum absolute atomic E-state index is 3.72. The molecule has 0 amide bonds. The van der Waals surface area contributed by atoms with Crippen LogP contribution in [0.2, 0.25) is 0 Å². The summed E-state index contributed by atoms with van der Waals surface area (Å²) in [6, 6.07) is 0. The molecule has 0 bridgehead atoms. The molecular weight excluding hydrogens is 246 g/mol. The van der Waals surface area contributed by atoms with Gasteiger partial charge in [0.1, 0.15) is 0 Å². The first-order chi connectivity index (χ1) is 1.91. The molecule has 0 aliphatic carbocycles. The van der Waals surface area contributed by atoms with Gasteiger partial charge in [0.05, 0.1) is 0 Å². The van der Waals surface area contributed by atoms with Gasteiger partial charge in [-0.15, -0.1) is 0 Å². The normalized spacial score (nSPS) is 5.00. The second kappa shape index (κ2) is 15.7. The number of hydrogen-bond donors (Lipinski definition) is 2. The topological polar surface area (TPSA) is 0 Å². The van der Waals surface area contributed by atoms with Gasteiger partial charge in [-0.05, 0) is 19.7 Å². The third-order valence-corrected chi connectivity index (χ3v) is 2.70.